The SMILES string of the molecule is CC(C)(C)OC(=O)N1C(C(=O)NC2CCN(CC(F)(F)F)C2)CC2CC21. The van der Waals surface area contributed by atoms with Crippen LogP contribution in [0.15, 0.2) is 0 Å². The monoisotopic (exact) mass is 377 g/mol. The summed E-state index contributed by atoms with van der Waals surface area (Å²) < 4.78 is 42.9. The third-order valence-corrected chi connectivity index (χ3v) is 5.03. The lowest BCUT2D eigenvalue weighted by atomic mass is 10.1. The van der Waals surface area contributed by atoms with Crippen LogP contribution in [-0.2, 0) is 9.53 Å². The van der Waals surface area contributed by atoms with Crippen LogP contribution in [0.25, 0.3) is 0 Å². The fraction of sp³-hybridized carbons (Fsp3) is 0.882. The molecule has 3 aliphatic rings. The first-order valence-electron chi connectivity index (χ1n) is 9.04. The largest absolute Gasteiger partial charge is 0.444 e. The molecule has 9 heteroatoms. The number of hydrogen-bond acceptors (Lipinski definition) is 4. The van der Waals surface area contributed by atoms with Crippen LogP contribution in [0.2, 0.25) is 0 Å². The number of carbonyl (C=O) groups excluding carboxylic acids is 2. The van der Waals surface area contributed by atoms with E-state index in [4.69, 9.17) is 4.74 Å². The van der Waals surface area contributed by atoms with Gasteiger partial charge in [-0.1, -0.05) is 0 Å². The van der Waals surface area contributed by atoms with Gasteiger partial charge in [0.25, 0.3) is 0 Å². The zero-order valence-electron chi connectivity index (χ0n) is 15.3. The first kappa shape index (κ1) is 19.3. The molecule has 0 aromatic rings. The number of alkyl halides is 3. The lowest BCUT2D eigenvalue weighted by molar-refractivity contribution is -0.143. The molecular weight excluding hydrogens is 351 g/mol. The Hall–Kier alpha value is -1.51. The normalized spacial score (nSPS) is 31.7. The summed E-state index contributed by atoms with van der Waals surface area (Å²) in [5.74, 6) is 0.0329. The summed E-state index contributed by atoms with van der Waals surface area (Å²) in [6.07, 6.45) is -2.78. The zero-order valence-corrected chi connectivity index (χ0v) is 15.3. The highest BCUT2D eigenvalue weighted by atomic mass is 19.4. The number of rotatable bonds is 3. The number of carbonyl (C=O) groups is 2. The van der Waals surface area contributed by atoms with Crippen molar-refractivity contribution in [3.05, 3.63) is 0 Å². The minimum atomic E-state index is -4.24. The summed E-state index contributed by atoms with van der Waals surface area (Å²) in [5.41, 5.74) is -0.644. The number of fused-ring (bicyclic) bond motifs is 1. The molecule has 1 saturated carbocycles. The summed E-state index contributed by atoms with van der Waals surface area (Å²) in [5, 5.41) is 2.83. The van der Waals surface area contributed by atoms with Gasteiger partial charge in [0.15, 0.2) is 0 Å². The number of likely N-dealkylation sites (tertiary alicyclic amines) is 2. The van der Waals surface area contributed by atoms with Crippen LogP contribution in [-0.4, -0.2) is 71.3 Å². The Morgan fingerprint density at radius 3 is 2.50 bits per heavy atom. The molecule has 3 fully saturated rings. The zero-order chi connectivity index (χ0) is 19.3. The van der Waals surface area contributed by atoms with Gasteiger partial charge in [-0.05, 0) is 46.0 Å². The highest BCUT2D eigenvalue weighted by molar-refractivity contribution is 5.87. The summed E-state index contributed by atoms with van der Waals surface area (Å²) in [7, 11) is 0. The minimum Gasteiger partial charge on any atom is -0.444 e. The lowest BCUT2D eigenvalue weighted by Crippen LogP contribution is -2.52. The quantitative estimate of drug-likeness (QED) is 0.819. The number of nitrogens with one attached hydrogen (secondary N) is 1. The average Bonchev–Trinajstić information content (AvgIpc) is 2.89. The van der Waals surface area contributed by atoms with Gasteiger partial charge in [0.05, 0.1) is 6.54 Å². The number of hydrogen-bond donors (Lipinski definition) is 1. The molecule has 26 heavy (non-hydrogen) atoms. The molecule has 4 atom stereocenters. The molecule has 0 aromatic carbocycles. The van der Waals surface area contributed by atoms with Crippen LogP contribution in [0.4, 0.5) is 18.0 Å². The molecule has 2 amide bonds. The maximum Gasteiger partial charge on any atom is 0.411 e. The molecule has 0 radical (unpaired) electrons. The lowest BCUT2D eigenvalue weighted by Gasteiger charge is -2.30. The van der Waals surface area contributed by atoms with E-state index in [1.807, 2.05) is 0 Å². The van der Waals surface area contributed by atoms with Crippen LogP contribution in [0.5, 0.6) is 0 Å². The Bertz CT molecular complexity index is 576. The Kier molecular flexibility index (Phi) is 4.87. The topological polar surface area (TPSA) is 61.9 Å². The van der Waals surface area contributed by atoms with Gasteiger partial charge < -0.3 is 10.1 Å². The van der Waals surface area contributed by atoms with Gasteiger partial charge in [0.1, 0.15) is 11.6 Å². The van der Waals surface area contributed by atoms with E-state index in [0.29, 0.717) is 25.3 Å². The predicted molar refractivity (Wildman–Crippen MR) is 87.4 cm³/mol. The van der Waals surface area contributed by atoms with Crippen molar-refractivity contribution in [1.29, 1.82) is 0 Å². The van der Waals surface area contributed by atoms with E-state index in [0.717, 1.165) is 6.42 Å². The standard InChI is InChI=1S/C17H26F3N3O3/c1-16(2,3)26-15(25)23-12-6-10(12)7-13(23)14(24)21-11-4-5-22(8-11)9-17(18,19)20/h10-13H,4-9H2,1-3H3,(H,21,24). The van der Waals surface area contributed by atoms with Gasteiger partial charge in [-0.25, -0.2) is 4.79 Å². The van der Waals surface area contributed by atoms with Crippen molar-refractivity contribution in [3.63, 3.8) is 0 Å². The van der Waals surface area contributed by atoms with Crippen molar-refractivity contribution in [2.45, 2.75) is 69.9 Å². The van der Waals surface area contributed by atoms with Crippen LogP contribution >= 0.6 is 0 Å². The molecule has 2 heterocycles. The molecule has 2 aliphatic heterocycles. The van der Waals surface area contributed by atoms with Crippen molar-refractivity contribution in [3.8, 4) is 0 Å². The van der Waals surface area contributed by atoms with E-state index < -0.39 is 30.5 Å². The number of ether oxygens (including phenoxy) is 1. The average molecular weight is 377 g/mol. The van der Waals surface area contributed by atoms with Crippen molar-refractivity contribution in [2.24, 2.45) is 5.92 Å². The van der Waals surface area contributed by atoms with Crippen molar-refractivity contribution in [1.82, 2.24) is 15.1 Å². The summed E-state index contributed by atoms with van der Waals surface area (Å²) in [6, 6.07) is -0.863. The number of piperidine rings is 1. The molecule has 0 bridgehead atoms. The van der Waals surface area contributed by atoms with Gasteiger partial charge >= 0.3 is 12.3 Å². The third-order valence-electron chi connectivity index (χ3n) is 5.03. The molecule has 1 N–H and O–H groups in total. The number of nitrogens with zero attached hydrogens (tertiary/aromatic N) is 2. The number of halogens is 3. The highest BCUT2D eigenvalue weighted by Gasteiger charge is 2.57. The Morgan fingerprint density at radius 2 is 1.88 bits per heavy atom. The van der Waals surface area contributed by atoms with Gasteiger partial charge in [-0.15, -0.1) is 0 Å². The predicted octanol–water partition coefficient (Wildman–Crippen LogP) is 2.14. The van der Waals surface area contributed by atoms with Crippen molar-refractivity contribution >= 4 is 12.0 Å². The van der Waals surface area contributed by atoms with Gasteiger partial charge in [0, 0.05) is 25.2 Å². The Morgan fingerprint density at radius 1 is 1.19 bits per heavy atom. The van der Waals surface area contributed by atoms with Crippen molar-refractivity contribution < 1.29 is 27.5 Å². The minimum absolute atomic E-state index is 0.0471. The molecule has 0 aromatic heterocycles. The van der Waals surface area contributed by atoms with Crippen LogP contribution in [0.3, 0.4) is 0 Å². The first-order chi connectivity index (χ1) is 11.9. The first-order valence-corrected chi connectivity index (χ1v) is 9.04. The second-order valence-corrected chi connectivity index (χ2v) is 8.55. The molecule has 0 spiro atoms. The van der Waals surface area contributed by atoms with E-state index >= 15 is 0 Å². The molecule has 148 valence electrons. The second kappa shape index (κ2) is 6.58. The third kappa shape index (κ3) is 4.61. The van der Waals surface area contributed by atoms with Crippen LogP contribution in [0, 0.1) is 5.92 Å². The molecular formula is C17H26F3N3O3. The van der Waals surface area contributed by atoms with E-state index in [-0.39, 0.29) is 24.5 Å². The van der Waals surface area contributed by atoms with Gasteiger partial charge in [-0.2, -0.15) is 13.2 Å². The second-order valence-electron chi connectivity index (χ2n) is 8.55. The summed E-state index contributed by atoms with van der Waals surface area (Å²) >= 11 is 0. The maximum absolute atomic E-state index is 12.6. The molecule has 6 nitrogen and oxygen atoms in total. The summed E-state index contributed by atoms with van der Waals surface area (Å²) in [4.78, 5) is 27.9. The van der Waals surface area contributed by atoms with Crippen LogP contribution < -0.4 is 5.32 Å². The molecule has 2 saturated heterocycles. The smallest absolute Gasteiger partial charge is 0.411 e. The summed E-state index contributed by atoms with van der Waals surface area (Å²) in [6.45, 7) is 4.83. The molecule has 1 aliphatic carbocycles. The van der Waals surface area contributed by atoms with Crippen LogP contribution in [0.1, 0.15) is 40.0 Å². The van der Waals surface area contributed by atoms with Gasteiger partial charge in [0.2, 0.25) is 5.91 Å². The van der Waals surface area contributed by atoms with Crippen molar-refractivity contribution in [2.75, 3.05) is 19.6 Å². The number of amides is 2. The fourth-order valence-corrected chi connectivity index (χ4v) is 3.91. The molecule has 3 rings (SSSR count). The van der Waals surface area contributed by atoms with Gasteiger partial charge in [-0.3, -0.25) is 14.6 Å². The maximum atomic E-state index is 12.6. The fourth-order valence-electron chi connectivity index (χ4n) is 3.91. The van der Waals surface area contributed by atoms with E-state index in [1.165, 1.54) is 9.80 Å². The Labute approximate surface area is 151 Å². The van der Waals surface area contributed by atoms with E-state index in [9.17, 15) is 22.8 Å². The Balaban J connectivity index is 1.55. The van der Waals surface area contributed by atoms with E-state index in [1.54, 1.807) is 20.8 Å². The molecule has 4 unspecified atom stereocenters. The highest BCUT2D eigenvalue weighted by Crippen LogP contribution is 2.48. The van der Waals surface area contributed by atoms with E-state index in [2.05, 4.69) is 5.32 Å².